The van der Waals surface area contributed by atoms with Crippen molar-refractivity contribution in [1.29, 1.82) is 0 Å². The van der Waals surface area contributed by atoms with Gasteiger partial charge in [0, 0.05) is 0 Å². The molecule has 0 bridgehead atoms. The molecule has 0 unspecified atom stereocenters. The average molecular weight is 895 g/mol. The molecule has 0 saturated heterocycles. The second-order valence-corrected chi connectivity index (χ2v) is 26.8. The monoisotopic (exact) mass is 895 g/mol. The molecular weight excluding hydrogens is 809 g/mol. The summed E-state index contributed by atoms with van der Waals surface area (Å²) >= 11 is 0. The van der Waals surface area contributed by atoms with Crippen LogP contribution < -0.4 is 39.7 Å². The number of unbranched alkanes of at least 4 members (excludes halogenated alkanes) is 4. The average Bonchev–Trinajstić information content (AvgIpc) is 3.21. The summed E-state index contributed by atoms with van der Waals surface area (Å²) in [5.74, 6) is 3.71. The van der Waals surface area contributed by atoms with E-state index in [1.165, 1.54) is 43.0 Å². The molecule has 348 valence electrons. The number of hydrogen-bond acceptors (Lipinski definition) is 5. The van der Waals surface area contributed by atoms with Gasteiger partial charge < -0.3 is 23.1 Å². The molecule has 0 saturated carbocycles. The molecule has 0 aliphatic rings. The lowest BCUT2D eigenvalue weighted by molar-refractivity contribution is 0.308. The normalized spacial score (nSPS) is 12.6. The third-order valence-corrected chi connectivity index (χ3v) is 18.3. The molecule has 0 amide bonds. The first-order valence-electron chi connectivity index (χ1n) is 24.4. The van der Waals surface area contributed by atoms with E-state index in [4.69, 9.17) is 23.1 Å². The molecule has 0 heterocycles. The highest BCUT2D eigenvalue weighted by Gasteiger charge is 2.38. The Bertz CT molecular complexity index is 1740. The van der Waals surface area contributed by atoms with Crippen molar-refractivity contribution in [2.75, 3.05) is 26.4 Å². The van der Waals surface area contributed by atoms with Gasteiger partial charge in [0.1, 0.15) is 23.0 Å². The molecule has 0 aromatic heterocycles. The molecule has 0 N–H and O–H groups in total. The van der Waals surface area contributed by atoms with Crippen LogP contribution in [0.1, 0.15) is 184 Å². The maximum absolute atomic E-state index is 8.41. The molecule has 0 aliphatic carbocycles. The van der Waals surface area contributed by atoms with Gasteiger partial charge in [-0.3, -0.25) is 0 Å². The van der Waals surface area contributed by atoms with Crippen LogP contribution in [-0.4, -0.2) is 44.5 Å². The van der Waals surface area contributed by atoms with E-state index in [-0.39, 0.29) is 21.7 Å². The SMILES string of the molecule is CCCCOc1ccc([SiH](O[SiH](c2ccc(OCCCC)cc2C(C)(C)C)c2ccc(OCCCC)cc2C(C)(C)C)c2ccc(OCCCC)cc2C(C)(C)C)c(C(C)(C)C)c1. The minimum atomic E-state index is -2.57. The smallest absolute Gasteiger partial charge is 0.229 e. The molecule has 0 fully saturated rings. The van der Waals surface area contributed by atoms with Crippen LogP contribution >= 0.6 is 0 Å². The van der Waals surface area contributed by atoms with Crippen LogP contribution in [0.2, 0.25) is 0 Å². The number of ether oxygens (including phenoxy) is 4. The van der Waals surface area contributed by atoms with Gasteiger partial charge in [-0.2, -0.15) is 0 Å². The zero-order valence-electron chi connectivity index (χ0n) is 42.6. The van der Waals surface area contributed by atoms with Gasteiger partial charge in [0.15, 0.2) is 0 Å². The lowest BCUT2D eigenvalue weighted by atomic mass is 9.86. The zero-order valence-corrected chi connectivity index (χ0v) is 44.9. The van der Waals surface area contributed by atoms with Crippen LogP contribution in [-0.2, 0) is 25.8 Å². The van der Waals surface area contributed by atoms with E-state index in [1.807, 2.05) is 0 Å². The molecule has 0 radical (unpaired) electrons. The maximum atomic E-state index is 8.41. The van der Waals surface area contributed by atoms with Gasteiger partial charge in [-0.1, -0.05) is 161 Å². The summed E-state index contributed by atoms with van der Waals surface area (Å²) in [6, 6.07) is 27.5. The van der Waals surface area contributed by atoms with E-state index in [0.29, 0.717) is 26.4 Å². The highest BCUT2D eigenvalue weighted by molar-refractivity contribution is 6.92. The largest absolute Gasteiger partial charge is 0.494 e. The van der Waals surface area contributed by atoms with E-state index >= 15 is 0 Å². The summed E-state index contributed by atoms with van der Waals surface area (Å²) in [6.45, 7) is 39.7. The maximum Gasteiger partial charge on any atom is 0.229 e. The lowest BCUT2D eigenvalue weighted by Gasteiger charge is -2.36. The molecule has 0 aliphatic heterocycles. The Kier molecular flexibility index (Phi) is 19.1. The molecule has 0 spiro atoms. The number of hydrogen-bond donors (Lipinski definition) is 0. The topological polar surface area (TPSA) is 46.2 Å². The predicted molar refractivity (Wildman–Crippen MR) is 276 cm³/mol. The van der Waals surface area contributed by atoms with Crippen molar-refractivity contribution in [3.05, 3.63) is 95.1 Å². The minimum Gasteiger partial charge on any atom is -0.494 e. The Balaban J connectivity index is 2.15. The van der Waals surface area contributed by atoms with Gasteiger partial charge in [0.25, 0.3) is 0 Å². The Morgan fingerprint density at radius 3 is 0.714 bits per heavy atom. The Morgan fingerprint density at radius 1 is 0.333 bits per heavy atom. The van der Waals surface area contributed by atoms with Crippen molar-refractivity contribution < 1.29 is 23.1 Å². The molecule has 4 aromatic rings. The summed E-state index contributed by atoms with van der Waals surface area (Å²) in [4.78, 5) is 0. The van der Waals surface area contributed by atoms with Crippen LogP contribution in [0.15, 0.2) is 72.8 Å². The summed E-state index contributed by atoms with van der Waals surface area (Å²) < 4.78 is 34.1. The minimum absolute atomic E-state index is 0.168. The Morgan fingerprint density at radius 2 is 0.540 bits per heavy atom. The van der Waals surface area contributed by atoms with E-state index in [2.05, 4.69) is 184 Å². The summed E-state index contributed by atoms with van der Waals surface area (Å²) in [5.41, 5.74) is 4.48. The zero-order chi connectivity index (χ0) is 46.6. The fourth-order valence-corrected chi connectivity index (χ4v) is 16.5. The van der Waals surface area contributed by atoms with Gasteiger partial charge in [-0.25, -0.2) is 0 Å². The van der Waals surface area contributed by atoms with Gasteiger partial charge in [-0.05, 0) is 139 Å². The number of benzene rings is 4. The van der Waals surface area contributed by atoms with Crippen LogP contribution in [0.25, 0.3) is 0 Å². The fourth-order valence-electron chi connectivity index (χ4n) is 8.12. The third-order valence-electron chi connectivity index (χ3n) is 11.8. The quantitative estimate of drug-likeness (QED) is 0.0581. The number of rotatable bonds is 22. The molecule has 63 heavy (non-hydrogen) atoms. The predicted octanol–water partition coefficient (Wildman–Crippen LogP) is 12.0. The molecular formula is C56H86O5Si2. The van der Waals surface area contributed by atoms with Crippen molar-refractivity contribution in [3.8, 4) is 23.0 Å². The summed E-state index contributed by atoms with van der Waals surface area (Å²) in [5, 5.41) is 5.23. The van der Waals surface area contributed by atoms with Crippen LogP contribution in [0.3, 0.4) is 0 Å². The second-order valence-electron chi connectivity index (χ2n) is 21.7. The highest BCUT2D eigenvalue weighted by Crippen LogP contribution is 2.32. The van der Waals surface area contributed by atoms with E-state index in [0.717, 1.165) is 74.4 Å². The summed E-state index contributed by atoms with van der Waals surface area (Å²) in [6.07, 6.45) is 8.49. The molecule has 0 atom stereocenters. The van der Waals surface area contributed by atoms with Crippen LogP contribution in [0, 0.1) is 0 Å². The molecule has 4 rings (SSSR count). The van der Waals surface area contributed by atoms with Gasteiger partial charge >= 0.3 is 0 Å². The summed E-state index contributed by atoms with van der Waals surface area (Å²) in [7, 11) is -5.13. The highest BCUT2D eigenvalue weighted by atomic mass is 28.4. The van der Waals surface area contributed by atoms with Crippen molar-refractivity contribution >= 4 is 38.8 Å². The second kappa shape index (κ2) is 23.1. The first kappa shape index (κ1) is 52.1. The Hall–Kier alpha value is -3.53. The van der Waals surface area contributed by atoms with E-state index < -0.39 is 18.1 Å². The first-order chi connectivity index (χ1) is 29.6. The van der Waals surface area contributed by atoms with Gasteiger partial charge in [0.2, 0.25) is 18.1 Å². The standard InChI is InChI=1S/C56H86O5Si2/c1-17-21-33-57-41-25-29-49(45(37-41)53(5,6)7)62(50-30-26-42(58-34-22-18-2)38-46(50)54(8,9)10)61-63(51-31-27-43(59-35-23-19-3)39-47(51)55(11,12)13)52-32-28-44(60-36-24-20-4)40-48(52)56(14,15)16/h25-32,37-40,62-63H,17-24,33-36H2,1-16H3. The Labute approximate surface area is 388 Å². The molecule has 5 nitrogen and oxygen atoms in total. The van der Waals surface area contributed by atoms with Crippen molar-refractivity contribution in [3.63, 3.8) is 0 Å². The van der Waals surface area contributed by atoms with Crippen LogP contribution in [0.5, 0.6) is 23.0 Å². The van der Waals surface area contributed by atoms with E-state index in [1.54, 1.807) is 0 Å². The first-order valence-corrected chi connectivity index (χ1v) is 27.6. The molecule has 7 heteroatoms. The van der Waals surface area contributed by atoms with Gasteiger partial charge in [-0.15, -0.1) is 0 Å². The fraction of sp³-hybridized carbons (Fsp3) is 0.571. The third kappa shape index (κ3) is 14.7. The van der Waals surface area contributed by atoms with Crippen molar-refractivity contribution in [2.45, 2.75) is 184 Å². The van der Waals surface area contributed by atoms with Crippen molar-refractivity contribution in [2.24, 2.45) is 0 Å². The molecule has 4 aromatic carbocycles. The van der Waals surface area contributed by atoms with Crippen LogP contribution in [0.4, 0.5) is 0 Å². The van der Waals surface area contributed by atoms with Crippen molar-refractivity contribution in [1.82, 2.24) is 0 Å². The lowest BCUT2D eigenvalue weighted by Crippen LogP contribution is -2.60. The van der Waals surface area contributed by atoms with E-state index in [9.17, 15) is 0 Å². The van der Waals surface area contributed by atoms with Gasteiger partial charge in [0.05, 0.1) is 26.4 Å².